The van der Waals surface area contributed by atoms with Crippen LogP contribution in [0.15, 0.2) is 0 Å². The zero-order valence-electron chi connectivity index (χ0n) is 11.9. The molecule has 1 atom stereocenters. The standard InChI is InChI=1S/C14H25NO3/c1-5-14(3,4)15-13(17)10(2)18-12-8-6-11(16)7-9-12/h10,12H,5-9H2,1-4H3,(H,15,17). The summed E-state index contributed by atoms with van der Waals surface area (Å²) in [5, 5.41) is 2.97. The van der Waals surface area contributed by atoms with Crippen LogP contribution in [0, 0.1) is 0 Å². The molecule has 0 aliphatic heterocycles. The highest BCUT2D eigenvalue weighted by atomic mass is 16.5. The minimum atomic E-state index is -0.450. The van der Waals surface area contributed by atoms with Crippen LogP contribution in [0.2, 0.25) is 0 Å². The number of rotatable bonds is 5. The SMILES string of the molecule is CCC(C)(C)NC(=O)C(C)OC1CCC(=O)CC1. The Morgan fingerprint density at radius 2 is 2.00 bits per heavy atom. The topological polar surface area (TPSA) is 55.4 Å². The fourth-order valence-electron chi connectivity index (χ4n) is 1.92. The predicted octanol–water partition coefficient (Wildman–Crippen LogP) is 2.21. The van der Waals surface area contributed by atoms with Crippen molar-refractivity contribution in [1.82, 2.24) is 5.32 Å². The average Bonchev–Trinajstić information content (AvgIpc) is 2.31. The van der Waals surface area contributed by atoms with E-state index >= 15 is 0 Å². The Morgan fingerprint density at radius 1 is 1.44 bits per heavy atom. The van der Waals surface area contributed by atoms with E-state index < -0.39 is 6.10 Å². The summed E-state index contributed by atoms with van der Waals surface area (Å²) >= 11 is 0. The van der Waals surface area contributed by atoms with Gasteiger partial charge < -0.3 is 10.1 Å². The van der Waals surface area contributed by atoms with Crippen molar-refractivity contribution in [3.05, 3.63) is 0 Å². The highest BCUT2D eigenvalue weighted by molar-refractivity contribution is 5.81. The number of Topliss-reactive ketones (excluding diaryl/α,β-unsaturated/α-hetero) is 1. The van der Waals surface area contributed by atoms with Crippen molar-refractivity contribution < 1.29 is 14.3 Å². The second kappa shape index (κ2) is 6.32. The number of carbonyl (C=O) groups excluding carboxylic acids is 2. The molecule has 0 saturated heterocycles. The van der Waals surface area contributed by atoms with Crippen LogP contribution in [0.4, 0.5) is 0 Å². The first-order chi connectivity index (χ1) is 8.34. The molecule has 0 aromatic carbocycles. The Balaban J connectivity index is 2.38. The van der Waals surface area contributed by atoms with E-state index in [4.69, 9.17) is 4.74 Å². The molecule has 1 amide bonds. The van der Waals surface area contributed by atoms with Crippen molar-refractivity contribution in [3.63, 3.8) is 0 Å². The quantitative estimate of drug-likeness (QED) is 0.819. The van der Waals surface area contributed by atoms with Crippen molar-refractivity contribution in [1.29, 1.82) is 0 Å². The van der Waals surface area contributed by atoms with Gasteiger partial charge in [0.2, 0.25) is 5.91 Å². The molecule has 0 radical (unpaired) electrons. The van der Waals surface area contributed by atoms with Gasteiger partial charge in [-0.1, -0.05) is 6.92 Å². The van der Waals surface area contributed by atoms with Gasteiger partial charge in [-0.25, -0.2) is 0 Å². The normalized spacial score (nSPS) is 19.7. The minimum absolute atomic E-state index is 0.0492. The van der Waals surface area contributed by atoms with E-state index in [-0.39, 0.29) is 17.6 Å². The van der Waals surface area contributed by atoms with Crippen LogP contribution in [0.1, 0.15) is 59.8 Å². The number of ether oxygens (including phenoxy) is 1. The third-order valence-electron chi connectivity index (χ3n) is 3.60. The van der Waals surface area contributed by atoms with E-state index in [2.05, 4.69) is 5.32 Å². The van der Waals surface area contributed by atoms with Crippen LogP contribution in [0.5, 0.6) is 0 Å². The number of amides is 1. The Labute approximate surface area is 109 Å². The summed E-state index contributed by atoms with van der Waals surface area (Å²) in [7, 11) is 0. The van der Waals surface area contributed by atoms with Gasteiger partial charge in [-0.05, 0) is 40.0 Å². The molecule has 0 aromatic heterocycles. The molecule has 18 heavy (non-hydrogen) atoms. The van der Waals surface area contributed by atoms with E-state index in [1.807, 2.05) is 20.8 Å². The minimum Gasteiger partial charge on any atom is -0.365 e. The number of ketones is 1. The first-order valence-corrected chi connectivity index (χ1v) is 6.83. The average molecular weight is 255 g/mol. The molecule has 1 aliphatic rings. The van der Waals surface area contributed by atoms with Gasteiger partial charge in [0.25, 0.3) is 0 Å². The Kier molecular flexibility index (Phi) is 5.32. The monoisotopic (exact) mass is 255 g/mol. The first-order valence-electron chi connectivity index (χ1n) is 6.83. The molecule has 0 bridgehead atoms. The molecule has 1 rings (SSSR count). The Hall–Kier alpha value is -0.900. The molecule has 1 fully saturated rings. The maximum Gasteiger partial charge on any atom is 0.249 e. The Bertz CT molecular complexity index is 302. The lowest BCUT2D eigenvalue weighted by atomic mass is 9.96. The molecule has 0 heterocycles. The van der Waals surface area contributed by atoms with Gasteiger partial charge in [-0.15, -0.1) is 0 Å². The van der Waals surface area contributed by atoms with Crippen molar-refractivity contribution >= 4 is 11.7 Å². The first kappa shape index (κ1) is 15.2. The van der Waals surface area contributed by atoms with E-state index in [9.17, 15) is 9.59 Å². The summed E-state index contributed by atoms with van der Waals surface area (Å²) in [4.78, 5) is 23.1. The number of hydrogen-bond donors (Lipinski definition) is 1. The largest absolute Gasteiger partial charge is 0.365 e. The summed E-state index contributed by atoms with van der Waals surface area (Å²) in [6.07, 6.45) is 3.13. The lowest BCUT2D eigenvalue weighted by Crippen LogP contribution is -2.48. The Morgan fingerprint density at radius 3 is 2.50 bits per heavy atom. The highest BCUT2D eigenvalue weighted by Crippen LogP contribution is 2.19. The fourth-order valence-corrected chi connectivity index (χ4v) is 1.92. The zero-order valence-corrected chi connectivity index (χ0v) is 11.9. The summed E-state index contributed by atoms with van der Waals surface area (Å²) in [6, 6.07) is 0. The van der Waals surface area contributed by atoms with Crippen molar-refractivity contribution in [3.8, 4) is 0 Å². The van der Waals surface area contributed by atoms with Gasteiger partial charge in [-0.3, -0.25) is 9.59 Å². The van der Waals surface area contributed by atoms with Crippen molar-refractivity contribution in [2.24, 2.45) is 0 Å². The van der Waals surface area contributed by atoms with Crippen LogP contribution in [-0.2, 0) is 14.3 Å². The van der Waals surface area contributed by atoms with Crippen molar-refractivity contribution in [2.75, 3.05) is 0 Å². The molecular weight excluding hydrogens is 230 g/mol. The fraction of sp³-hybridized carbons (Fsp3) is 0.857. The summed E-state index contributed by atoms with van der Waals surface area (Å²) in [6.45, 7) is 7.81. The van der Waals surface area contributed by atoms with Crippen LogP contribution in [-0.4, -0.2) is 29.4 Å². The zero-order chi connectivity index (χ0) is 13.8. The van der Waals surface area contributed by atoms with Crippen LogP contribution in [0.25, 0.3) is 0 Å². The lowest BCUT2D eigenvalue weighted by Gasteiger charge is -2.29. The van der Waals surface area contributed by atoms with Gasteiger partial charge in [0.15, 0.2) is 0 Å². The van der Waals surface area contributed by atoms with Gasteiger partial charge in [-0.2, -0.15) is 0 Å². The van der Waals surface area contributed by atoms with Gasteiger partial charge in [0.1, 0.15) is 11.9 Å². The maximum atomic E-state index is 12.0. The lowest BCUT2D eigenvalue weighted by molar-refractivity contribution is -0.139. The molecule has 4 nitrogen and oxygen atoms in total. The maximum absolute atomic E-state index is 12.0. The summed E-state index contributed by atoms with van der Waals surface area (Å²) < 4.78 is 5.73. The van der Waals surface area contributed by atoms with E-state index in [0.717, 1.165) is 19.3 Å². The smallest absolute Gasteiger partial charge is 0.249 e. The molecule has 1 saturated carbocycles. The number of hydrogen-bond acceptors (Lipinski definition) is 3. The molecule has 1 unspecified atom stereocenters. The molecule has 104 valence electrons. The highest BCUT2D eigenvalue weighted by Gasteiger charge is 2.26. The van der Waals surface area contributed by atoms with E-state index in [0.29, 0.717) is 18.6 Å². The van der Waals surface area contributed by atoms with Gasteiger partial charge >= 0.3 is 0 Å². The van der Waals surface area contributed by atoms with Crippen LogP contribution < -0.4 is 5.32 Å². The van der Waals surface area contributed by atoms with Crippen LogP contribution in [0.3, 0.4) is 0 Å². The number of carbonyl (C=O) groups is 2. The third-order valence-corrected chi connectivity index (χ3v) is 3.60. The van der Waals surface area contributed by atoms with Crippen molar-refractivity contribution in [2.45, 2.75) is 77.5 Å². The van der Waals surface area contributed by atoms with Gasteiger partial charge in [0.05, 0.1) is 6.10 Å². The summed E-state index contributed by atoms with van der Waals surface area (Å²) in [5.41, 5.74) is -0.197. The molecule has 0 spiro atoms. The van der Waals surface area contributed by atoms with E-state index in [1.54, 1.807) is 6.92 Å². The van der Waals surface area contributed by atoms with Gasteiger partial charge in [0, 0.05) is 18.4 Å². The molecular formula is C14H25NO3. The molecule has 1 N–H and O–H groups in total. The number of nitrogens with one attached hydrogen (secondary N) is 1. The molecule has 4 heteroatoms. The molecule has 0 aromatic rings. The predicted molar refractivity (Wildman–Crippen MR) is 70.3 cm³/mol. The van der Waals surface area contributed by atoms with E-state index in [1.165, 1.54) is 0 Å². The summed E-state index contributed by atoms with van der Waals surface area (Å²) in [5.74, 6) is 0.234. The second-order valence-electron chi connectivity index (χ2n) is 5.74. The second-order valence-corrected chi connectivity index (χ2v) is 5.74. The molecule has 1 aliphatic carbocycles. The third kappa shape index (κ3) is 4.77. The van der Waals surface area contributed by atoms with Crippen LogP contribution >= 0.6 is 0 Å².